The van der Waals surface area contributed by atoms with Crippen LogP contribution >= 0.6 is 0 Å². The van der Waals surface area contributed by atoms with Crippen LogP contribution in [0.1, 0.15) is 0 Å². The van der Waals surface area contributed by atoms with Crippen molar-refractivity contribution in [3.63, 3.8) is 0 Å². The van der Waals surface area contributed by atoms with Gasteiger partial charge in [-0.3, -0.25) is 0 Å². The van der Waals surface area contributed by atoms with E-state index >= 15 is 0 Å². The molecule has 0 fully saturated rings. The summed E-state index contributed by atoms with van der Waals surface area (Å²) in [5.41, 5.74) is 8.68. The fraction of sp³-hybridized carbons (Fsp3) is 0.200. The molecule has 3 N–H and O–H groups in total. The molecule has 0 spiro atoms. The predicted octanol–water partition coefficient (Wildman–Crippen LogP) is 2.48. The highest BCUT2D eigenvalue weighted by molar-refractivity contribution is 7.90. The van der Waals surface area contributed by atoms with E-state index in [4.69, 9.17) is 5.73 Å². The third-order valence-corrected chi connectivity index (χ3v) is 4.28. The number of anilines is 4. The van der Waals surface area contributed by atoms with Crippen molar-refractivity contribution < 1.29 is 8.42 Å². The number of rotatable bonds is 4. The Balaban J connectivity index is 2.32. The molecular weight excluding hydrogens is 286 g/mol. The van der Waals surface area contributed by atoms with E-state index in [1.165, 1.54) is 6.07 Å². The van der Waals surface area contributed by atoms with Crippen LogP contribution < -0.4 is 16.0 Å². The van der Waals surface area contributed by atoms with E-state index < -0.39 is 9.84 Å². The van der Waals surface area contributed by atoms with E-state index in [1.807, 2.05) is 43.3 Å². The van der Waals surface area contributed by atoms with Crippen LogP contribution in [-0.4, -0.2) is 28.8 Å². The van der Waals surface area contributed by atoms with E-state index in [1.54, 1.807) is 12.1 Å². The first-order valence-electron chi connectivity index (χ1n) is 6.42. The standard InChI is InChI=1S/C15H19N3O2S/c1-18(2)12-9-7-11(8-10-12)17-13-5-4-6-14(15(13)16)21(3,19)20/h4-10,17H,16H2,1-3H3. The molecule has 0 saturated carbocycles. The highest BCUT2D eigenvalue weighted by Gasteiger charge is 2.14. The van der Waals surface area contributed by atoms with Crippen molar-refractivity contribution in [3.05, 3.63) is 42.5 Å². The van der Waals surface area contributed by atoms with Crippen molar-refractivity contribution >= 4 is 32.6 Å². The molecule has 0 aromatic heterocycles. The minimum Gasteiger partial charge on any atom is -0.396 e. The van der Waals surface area contributed by atoms with E-state index in [0.29, 0.717) is 5.69 Å². The van der Waals surface area contributed by atoms with Gasteiger partial charge in [0.2, 0.25) is 0 Å². The first-order chi connectivity index (χ1) is 9.79. The van der Waals surface area contributed by atoms with Crippen LogP contribution in [0.15, 0.2) is 47.4 Å². The quantitative estimate of drug-likeness (QED) is 0.849. The zero-order chi connectivity index (χ0) is 15.6. The molecule has 0 aliphatic heterocycles. The zero-order valence-electron chi connectivity index (χ0n) is 12.3. The fourth-order valence-electron chi connectivity index (χ4n) is 1.97. The van der Waals surface area contributed by atoms with Gasteiger partial charge in [-0.15, -0.1) is 0 Å². The predicted molar refractivity (Wildman–Crippen MR) is 88.0 cm³/mol. The molecule has 0 atom stereocenters. The van der Waals surface area contributed by atoms with E-state index in [2.05, 4.69) is 5.32 Å². The first kappa shape index (κ1) is 15.2. The van der Waals surface area contributed by atoms with Gasteiger partial charge in [-0.2, -0.15) is 0 Å². The number of nitrogens with one attached hydrogen (secondary N) is 1. The number of nitrogen functional groups attached to an aromatic ring is 1. The van der Waals surface area contributed by atoms with Gasteiger partial charge in [0.25, 0.3) is 0 Å². The topological polar surface area (TPSA) is 75.4 Å². The lowest BCUT2D eigenvalue weighted by Crippen LogP contribution is -2.08. The molecule has 21 heavy (non-hydrogen) atoms. The van der Waals surface area contributed by atoms with Crippen LogP contribution in [0.3, 0.4) is 0 Å². The Hall–Kier alpha value is -2.21. The number of sulfone groups is 1. The molecule has 0 aliphatic carbocycles. The molecule has 0 aliphatic rings. The summed E-state index contributed by atoms with van der Waals surface area (Å²) in [7, 11) is 0.599. The van der Waals surface area contributed by atoms with Gasteiger partial charge in [0.15, 0.2) is 9.84 Å². The maximum absolute atomic E-state index is 11.7. The van der Waals surface area contributed by atoms with Gasteiger partial charge in [0, 0.05) is 31.7 Å². The Morgan fingerprint density at radius 2 is 1.67 bits per heavy atom. The maximum atomic E-state index is 11.7. The van der Waals surface area contributed by atoms with Crippen molar-refractivity contribution in [1.82, 2.24) is 0 Å². The lowest BCUT2D eigenvalue weighted by atomic mass is 10.2. The first-order valence-corrected chi connectivity index (χ1v) is 8.31. The minimum absolute atomic E-state index is 0.136. The van der Waals surface area contributed by atoms with Gasteiger partial charge in [0.05, 0.1) is 16.3 Å². The van der Waals surface area contributed by atoms with Crippen LogP contribution in [0.4, 0.5) is 22.7 Å². The summed E-state index contributed by atoms with van der Waals surface area (Å²) in [4.78, 5) is 2.14. The van der Waals surface area contributed by atoms with Gasteiger partial charge >= 0.3 is 0 Å². The van der Waals surface area contributed by atoms with Gasteiger partial charge in [-0.1, -0.05) is 6.07 Å². The molecule has 2 aromatic carbocycles. The molecule has 2 rings (SSSR count). The number of benzene rings is 2. The molecule has 0 heterocycles. The van der Waals surface area contributed by atoms with Crippen molar-refractivity contribution in [2.24, 2.45) is 0 Å². The second kappa shape index (κ2) is 5.65. The smallest absolute Gasteiger partial charge is 0.177 e. The summed E-state index contributed by atoms with van der Waals surface area (Å²) >= 11 is 0. The second-order valence-corrected chi connectivity index (χ2v) is 7.04. The van der Waals surface area contributed by atoms with Gasteiger partial charge in [-0.05, 0) is 36.4 Å². The van der Waals surface area contributed by atoms with Crippen LogP contribution in [0.5, 0.6) is 0 Å². The molecule has 0 amide bonds. The third kappa shape index (κ3) is 3.46. The van der Waals surface area contributed by atoms with Crippen molar-refractivity contribution in [1.29, 1.82) is 0 Å². The SMILES string of the molecule is CN(C)c1ccc(Nc2cccc(S(C)(=O)=O)c2N)cc1. The Labute approximate surface area is 125 Å². The summed E-state index contributed by atoms with van der Waals surface area (Å²) < 4.78 is 23.3. The van der Waals surface area contributed by atoms with Crippen LogP contribution in [0.25, 0.3) is 0 Å². The Bertz CT molecular complexity index is 738. The number of hydrogen-bond acceptors (Lipinski definition) is 5. The largest absolute Gasteiger partial charge is 0.396 e. The summed E-state index contributed by atoms with van der Waals surface area (Å²) in [6.45, 7) is 0. The molecule has 2 aromatic rings. The molecule has 0 saturated heterocycles. The molecular formula is C15H19N3O2S. The third-order valence-electron chi connectivity index (χ3n) is 3.13. The van der Waals surface area contributed by atoms with Gasteiger partial charge in [-0.25, -0.2) is 8.42 Å². The molecule has 112 valence electrons. The monoisotopic (exact) mass is 305 g/mol. The minimum atomic E-state index is -3.34. The lowest BCUT2D eigenvalue weighted by Gasteiger charge is -2.15. The van der Waals surface area contributed by atoms with Crippen molar-refractivity contribution in [2.45, 2.75) is 4.90 Å². The maximum Gasteiger partial charge on any atom is 0.177 e. The van der Waals surface area contributed by atoms with Crippen LogP contribution in [-0.2, 0) is 9.84 Å². The fourth-order valence-corrected chi connectivity index (χ4v) is 2.81. The molecule has 5 nitrogen and oxygen atoms in total. The Morgan fingerprint density at radius 1 is 1.05 bits per heavy atom. The number of hydrogen-bond donors (Lipinski definition) is 2. The molecule has 0 bridgehead atoms. The number of nitrogens with two attached hydrogens (primary N) is 1. The van der Waals surface area contributed by atoms with Crippen LogP contribution in [0.2, 0.25) is 0 Å². The Morgan fingerprint density at radius 3 is 2.19 bits per heavy atom. The highest BCUT2D eigenvalue weighted by atomic mass is 32.2. The Kier molecular flexibility index (Phi) is 4.09. The summed E-state index contributed by atoms with van der Waals surface area (Å²) in [5.74, 6) is 0. The highest BCUT2D eigenvalue weighted by Crippen LogP contribution is 2.29. The van der Waals surface area contributed by atoms with E-state index in [0.717, 1.165) is 17.6 Å². The van der Waals surface area contributed by atoms with Crippen molar-refractivity contribution in [3.8, 4) is 0 Å². The second-order valence-electron chi connectivity index (χ2n) is 5.06. The lowest BCUT2D eigenvalue weighted by molar-refractivity contribution is 0.602. The zero-order valence-corrected chi connectivity index (χ0v) is 13.1. The summed E-state index contributed by atoms with van der Waals surface area (Å²) in [5, 5.41) is 3.14. The van der Waals surface area contributed by atoms with Crippen LogP contribution in [0, 0.1) is 0 Å². The average Bonchev–Trinajstić information content (AvgIpc) is 2.40. The molecule has 6 heteroatoms. The van der Waals surface area contributed by atoms with E-state index in [9.17, 15) is 8.42 Å². The van der Waals surface area contributed by atoms with E-state index in [-0.39, 0.29) is 10.6 Å². The van der Waals surface area contributed by atoms with Gasteiger partial charge < -0.3 is 16.0 Å². The van der Waals surface area contributed by atoms with Crippen molar-refractivity contribution in [2.75, 3.05) is 36.3 Å². The normalized spacial score (nSPS) is 11.2. The van der Waals surface area contributed by atoms with Gasteiger partial charge in [0.1, 0.15) is 0 Å². The molecule has 0 radical (unpaired) electrons. The number of para-hydroxylation sites is 1. The number of nitrogens with zero attached hydrogens (tertiary/aromatic N) is 1. The summed E-state index contributed by atoms with van der Waals surface area (Å²) in [6.07, 6.45) is 1.15. The molecule has 0 unspecified atom stereocenters. The average molecular weight is 305 g/mol. The summed E-state index contributed by atoms with van der Waals surface area (Å²) in [6, 6.07) is 12.7.